The molecule has 1 aromatic carbocycles. The fraction of sp³-hybridized carbons (Fsp3) is 0.562. The van der Waals surface area contributed by atoms with Gasteiger partial charge in [-0.15, -0.1) is 0 Å². The Bertz CT molecular complexity index is 418. The molecule has 19 heavy (non-hydrogen) atoms. The first-order valence-corrected chi connectivity index (χ1v) is 7.06. The maximum absolute atomic E-state index is 4.67. The van der Waals surface area contributed by atoms with Gasteiger partial charge in [0.25, 0.3) is 0 Å². The minimum atomic E-state index is 0.747. The Labute approximate surface area is 116 Å². The summed E-state index contributed by atoms with van der Waals surface area (Å²) in [5.41, 5.74) is 2.78. The van der Waals surface area contributed by atoms with Gasteiger partial charge < -0.3 is 9.80 Å². The predicted octanol–water partition coefficient (Wildman–Crippen LogP) is 2.93. The van der Waals surface area contributed by atoms with Gasteiger partial charge in [0, 0.05) is 28.2 Å². The van der Waals surface area contributed by atoms with Gasteiger partial charge in [0.05, 0.1) is 6.54 Å². The van der Waals surface area contributed by atoms with Crippen molar-refractivity contribution in [2.75, 3.05) is 28.2 Å². The minimum Gasteiger partial charge on any atom is -0.349 e. The van der Waals surface area contributed by atoms with E-state index >= 15 is 0 Å². The number of hydrogen-bond acceptors (Lipinski definition) is 1. The molecule has 0 spiro atoms. The number of aliphatic imine (C=N–C) groups is 1. The molecule has 0 aromatic heterocycles. The van der Waals surface area contributed by atoms with Crippen molar-refractivity contribution in [1.29, 1.82) is 0 Å². The van der Waals surface area contributed by atoms with Crippen molar-refractivity contribution in [3.05, 3.63) is 35.4 Å². The first-order valence-electron chi connectivity index (χ1n) is 7.06. The molecule has 2 rings (SSSR count). The fourth-order valence-corrected chi connectivity index (χ4v) is 2.48. The number of nitrogens with zero attached hydrogens (tertiary/aromatic N) is 3. The zero-order valence-electron chi connectivity index (χ0n) is 12.6. The minimum absolute atomic E-state index is 0.747. The smallest absolute Gasteiger partial charge is 0.195 e. The first-order chi connectivity index (χ1) is 9.08. The van der Waals surface area contributed by atoms with Crippen LogP contribution in [0.2, 0.25) is 0 Å². The maximum Gasteiger partial charge on any atom is 0.195 e. The highest BCUT2D eigenvalue weighted by atomic mass is 15.3. The van der Waals surface area contributed by atoms with Crippen molar-refractivity contribution < 1.29 is 0 Å². The summed E-state index contributed by atoms with van der Waals surface area (Å²) in [4.78, 5) is 8.76. The molecule has 0 bridgehead atoms. The summed E-state index contributed by atoms with van der Waals surface area (Å²) in [6, 6.07) is 9.00. The quantitative estimate of drug-likeness (QED) is 0.614. The van der Waals surface area contributed by atoms with Gasteiger partial charge in [0.15, 0.2) is 5.96 Å². The van der Waals surface area contributed by atoms with Crippen molar-refractivity contribution >= 4 is 5.96 Å². The SMILES string of the molecule is CN(C)C(=NCc1ccc(C2CCC2)cc1)N(C)C. The molecule has 1 fully saturated rings. The second kappa shape index (κ2) is 6.09. The molecule has 0 heterocycles. The van der Waals surface area contributed by atoms with Crippen LogP contribution in [0.5, 0.6) is 0 Å². The van der Waals surface area contributed by atoms with E-state index in [0.29, 0.717) is 0 Å². The number of guanidine groups is 1. The van der Waals surface area contributed by atoms with Gasteiger partial charge in [0.2, 0.25) is 0 Å². The molecule has 1 aliphatic carbocycles. The lowest BCUT2D eigenvalue weighted by Crippen LogP contribution is -2.35. The molecule has 1 saturated carbocycles. The topological polar surface area (TPSA) is 18.8 Å². The van der Waals surface area contributed by atoms with Crippen molar-refractivity contribution in [2.45, 2.75) is 31.7 Å². The Hall–Kier alpha value is -1.51. The van der Waals surface area contributed by atoms with Crippen LogP contribution in [-0.2, 0) is 6.54 Å². The molecule has 1 aromatic rings. The first kappa shape index (κ1) is 13.9. The standard InChI is InChI=1S/C16H25N3/c1-18(2)16(19(3)4)17-12-13-8-10-15(11-9-13)14-6-5-7-14/h8-11,14H,5-7,12H2,1-4H3. The molecular weight excluding hydrogens is 234 g/mol. The highest BCUT2D eigenvalue weighted by Crippen LogP contribution is 2.36. The summed E-state index contributed by atoms with van der Waals surface area (Å²) >= 11 is 0. The van der Waals surface area contributed by atoms with Crippen molar-refractivity contribution in [3.63, 3.8) is 0 Å². The van der Waals surface area contributed by atoms with Crippen LogP contribution in [0.4, 0.5) is 0 Å². The van der Waals surface area contributed by atoms with Gasteiger partial charge in [-0.1, -0.05) is 30.7 Å². The van der Waals surface area contributed by atoms with E-state index in [-0.39, 0.29) is 0 Å². The van der Waals surface area contributed by atoms with Crippen molar-refractivity contribution in [3.8, 4) is 0 Å². The van der Waals surface area contributed by atoms with Gasteiger partial charge in [-0.2, -0.15) is 0 Å². The average molecular weight is 259 g/mol. The highest BCUT2D eigenvalue weighted by molar-refractivity contribution is 5.79. The molecule has 3 heteroatoms. The van der Waals surface area contributed by atoms with E-state index in [4.69, 9.17) is 0 Å². The summed E-state index contributed by atoms with van der Waals surface area (Å²) in [5.74, 6) is 1.82. The third-order valence-electron chi connectivity index (χ3n) is 3.76. The summed E-state index contributed by atoms with van der Waals surface area (Å²) in [6.07, 6.45) is 4.12. The van der Waals surface area contributed by atoms with E-state index in [9.17, 15) is 0 Å². The van der Waals surface area contributed by atoms with Gasteiger partial charge >= 0.3 is 0 Å². The van der Waals surface area contributed by atoms with Crippen LogP contribution >= 0.6 is 0 Å². The summed E-state index contributed by atoms with van der Waals surface area (Å²) in [6.45, 7) is 0.747. The molecule has 0 aliphatic heterocycles. The number of hydrogen-bond donors (Lipinski definition) is 0. The van der Waals surface area contributed by atoms with Gasteiger partial charge in [-0.25, -0.2) is 4.99 Å². The Morgan fingerprint density at radius 2 is 1.63 bits per heavy atom. The Morgan fingerprint density at radius 1 is 1.05 bits per heavy atom. The largest absolute Gasteiger partial charge is 0.349 e. The Morgan fingerprint density at radius 3 is 2.05 bits per heavy atom. The van der Waals surface area contributed by atoms with E-state index in [1.54, 1.807) is 0 Å². The molecule has 0 N–H and O–H groups in total. The zero-order valence-corrected chi connectivity index (χ0v) is 12.6. The van der Waals surface area contributed by atoms with Crippen molar-refractivity contribution in [2.24, 2.45) is 4.99 Å². The molecule has 1 aliphatic rings. The summed E-state index contributed by atoms with van der Waals surface area (Å²) in [5, 5.41) is 0. The van der Waals surface area contributed by atoms with Gasteiger partial charge in [-0.05, 0) is 29.9 Å². The lowest BCUT2D eigenvalue weighted by Gasteiger charge is -2.25. The molecule has 0 amide bonds. The predicted molar refractivity (Wildman–Crippen MR) is 81.5 cm³/mol. The van der Waals surface area contributed by atoms with E-state index < -0.39 is 0 Å². The van der Waals surface area contributed by atoms with Crippen LogP contribution in [0.3, 0.4) is 0 Å². The zero-order chi connectivity index (χ0) is 13.8. The van der Waals surface area contributed by atoms with Crippen LogP contribution in [0, 0.1) is 0 Å². The third-order valence-corrected chi connectivity index (χ3v) is 3.76. The van der Waals surface area contributed by atoms with Gasteiger partial charge in [0.1, 0.15) is 0 Å². The lowest BCUT2D eigenvalue weighted by atomic mass is 9.80. The molecule has 0 unspecified atom stereocenters. The van der Waals surface area contributed by atoms with E-state index in [1.165, 1.54) is 30.4 Å². The Balaban J connectivity index is 2.00. The normalized spacial score (nSPS) is 14.7. The van der Waals surface area contributed by atoms with Crippen LogP contribution in [0.25, 0.3) is 0 Å². The number of benzene rings is 1. The van der Waals surface area contributed by atoms with E-state index in [2.05, 4.69) is 29.3 Å². The van der Waals surface area contributed by atoms with Crippen LogP contribution in [-0.4, -0.2) is 44.0 Å². The molecule has 0 atom stereocenters. The summed E-state index contributed by atoms with van der Waals surface area (Å²) in [7, 11) is 8.11. The molecule has 104 valence electrons. The number of rotatable bonds is 3. The monoisotopic (exact) mass is 259 g/mol. The fourth-order valence-electron chi connectivity index (χ4n) is 2.48. The maximum atomic E-state index is 4.67. The van der Waals surface area contributed by atoms with Crippen LogP contribution in [0.15, 0.2) is 29.3 Å². The van der Waals surface area contributed by atoms with Gasteiger partial charge in [-0.3, -0.25) is 0 Å². The Kier molecular flexibility index (Phi) is 4.46. The third kappa shape index (κ3) is 3.49. The molecular formula is C16H25N3. The highest BCUT2D eigenvalue weighted by Gasteiger charge is 2.18. The lowest BCUT2D eigenvalue weighted by molar-refractivity contribution is 0.419. The molecule has 3 nitrogen and oxygen atoms in total. The van der Waals surface area contributed by atoms with Crippen molar-refractivity contribution in [1.82, 2.24) is 9.80 Å². The molecule has 0 saturated heterocycles. The van der Waals surface area contributed by atoms with Crippen LogP contribution < -0.4 is 0 Å². The van der Waals surface area contributed by atoms with Crippen LogP contribution in [0.1, 0.15) is 36.3 Å². The second-order valence-corrected chi connectivity index (χ2v) is 5.77. The second-order valence-electron chi connectivity index (χ2n) is 5.77. The van der Waals surface area contributed by atoms with E-state index in [0.717, 1.165) is 18.4 Å². The molecule has 0 radical (unpaired) electrons. The van der Waals surface area contributed by atoms with E-state index in [1.807, 2.05) is 38.0 Å². The summed E-state index contributed by atoms with van der Waals surface area (Å²) < 4.78 is 0. The average Bonchev–Trinajstić information content (AvgIpc) is 2.28.